The van der Waals surface area contributed by atoms with Crippen molar-refractivity contribution in [1.29, 1.82) is 5.26 Å². The second-order valence-electron chi connectivity index (χ2n) is 23.2. The molecule has 0 atom stereocenters. The van der Waals surface area contributed by atoms with E-state index in [0.717, 1.165) is 123 Å². The Hall–Kier alpha value is -7.86. The number of aromatic nitrogens is 1. The molecule has 0 bridgehead atoms. The van der Waals surface area contributed by atoms with Gasteiger partial charge in [0.2, 0.25) is 5.69 Å². The van der Waals surface area contributed by atoms with Gasteiger partial charge < -0.3 is 4.57 Å². The van der Waals surface area contributed by atoms with E-state index in [1.54, 1.807) is 12.1 Å². The van der Waals surface area contributed by atoms with Crippen molar-refractivity contribution in [3.8, 4) is 27.0 Å². The molecule has 3 aromatic heterocycles. The van der Waals surface area contributed by atoms with Crippen molar-refractivity contribution in [3.63, 3.8) is 0 Å². The number of carbonyl (C=O) groups is 8. The molecule has 0 saturated carbocycles. The number of unbranched alkanes of at least 4 members (excludes halogenated alkanes) is 15. The van der Waals surface area contributed by atoms with Gasteiger partial charge in [0.05, 0.1) is 60.4 Å². The number of rotatable bonds is 27. The molecule has 4 aliphatic rings. The number of imide groups is 4. The molecule has 0 N–H and O–H groups in total. The van der Waals surface area contributed by atoms with Crippen LogP contribution in [0.2, 0.25) is 0 Å². The summed E-state index contributed by atoms with van der Waals surface area (Å²) in [6.07, 6.45) is 16.8. The Bertz CT molecular complexity index is 3840. The lowest BCUT2D eigenvalue weighted by atomic mass is 9.81. The van der Waals surface area contributed by atoms with E-state index in [9.17, 15) is 34.0 Å². The van der Waals surface area contributed by atoms with E-state index < -0.39 is 47.3 Å². The van der Waals surface area contributed by atoms with E-state index in [0.29, 0.717) is 53.1 Å². The van der Waals surface area contributed by atoms with E-state index in [4.69, 9.17) is 6.57 Å². The number of nitrogens with zero attached hydrogens (tertiary/aromatic N) is 7. The first kappa shape index (κ1) is 58.9. The van der Waals surface area contributed by atoms with E-state index in [1.807, 2.05) is 12.1 Å². The fourth-order valence-electron chi connectivity index (χ4n) is 13.3. The van der Waals surface area contributed by atoms with Crippen molar-refractivity contribution in [3.05, 3.63) is 97.9 Å². The quantitative estimate of drug-likeness (QED) is 0.0275. The fourth-order valence-corrected chi connectivity index (χ4v) is 15.8. The molecule has 438 valence electrons. The molecule has 15 nitrogen and oxygen atoms in total. The zero-order valence-corrected chi connectivity index (χ0v) is 51.0. The summed E-state index contributed by atoms with van der Waals surface area (Å²) in [6, 6.07) is 12.5. The first-order chi connectivity index (χ1) is 41.3. The summed E-state index contributed by atoms with van der Waals surface area (Å²) in [6.45, 7) is 20.0. The highest BCUT2D eigenvalue weighted by molar-refractivity contribution is 7.30. The Morgan fingerprint density at radius 2 is 0.718 bits per heavy atom. The largest absolute Gasteiger partial charge is 0.339 e. The van der Waals surface area contributed by atoms with Crippen LogP contribution < -0.4 is 0 Å². The highest BCUT2D eigenvalue weighted by Crippen LogP contribution is 2.52. The predicted molar refractivity (Wildman–Crippen MR) is 334 cm³/mol. The van der Waals surface area contributed by atoms with Crippen molar-refractivity contribution < 1.29 is 38.4 Å². The van der Waals surface area contributed by atoms with Gasteiger partial charge in [0.1, 0.15) is 6.07 Å². The van der Waals surface area contributed by atoms with Gasteiger partial charge in [-0.05, 0) is 73.9 Å². The monoisotopic (exact) mass is 1180 g/mol. The van der Waals surface area contributed by atoms with Crippen LogP contribution in [0.1, 0.15) is 251 Å². The van der Waals surface area contributed by atoms with Gasteiger partial charge in [-0.1, -0.05) is 131 Å². The molecule has 4 aliphatic heterocycles. The molecule has 0 saturated heterocycles. The van der Waals surface area contributed by atoms with E-state index >= 15 is 9.59 Å². The normalized spacial score (nSPS) is 14.7. The molecule has 11 rings (SSSR count). The van der Waals surface area contributed by atoms with Crippen molar-refractivity contribution in [1.82, 2.24) is 24.2 Å². The zero-order chi connectivity index (χ0) is 60.0. The summed E-state index contributed by atoms with van der Waals surface area (Å²) in [5.41, 5.74) is 3.53. The SMILES string of the molecule is [C-]#[N+]c1cc2c3c(c(-c4cc5c(s4)c4sc(-c6cc7c8c(c(C#N)cc9c8c6C(=O)N(CCCCCC)C9=O)C(=O)N(CCCCCC)C7=O)cc4n5CCCCCC)cc4c3c1C(=O)N(CCCCCC)C4=O)C(=O)N(CCCCCC)C2=O. The minimum absolute atomic E-state index is 0.0197. The van der Waals surface area contributed by atoms with Crippen LogP contribution in [0.15, 0.2) is 36.4 Å². The number of aryl methyl sites for hydroxylation is 1. The van der Waals surface area contributed by atoms with Crippen molar-refractivity contribution in [2.75, 3.05) is 26.2 Å². The van der Waals surface area contributed by atoms with Crippen molar-refractivity contribution in [2.45, 2.75) is 170 Å². The van der Waals surface area contributed by atoms with Gasteiger partial charge in [-0.3, -0.25) is 58.0 Å². The summed E-state index contributed by atoms with van der Waals surface area (Å²) >= 11 is 2.88. The number of benzene rings is 4. The number of fused-ring (bicyclic) bond motifs is 3. The molecular weight excluding hydrogens is 1110 g/mol. The van der Waals surface area contributed by atoms with Gasteiger partial charge in [0, 0.05) is 86.5 Å². The second-order valence-corrected chi connectivity index (χ2v) is 25.3. The highest BCUT2D eigenvalue weighted by atomic mass is 32.1. The van der Waals surface area contributed by atoms with Gasteiger partial charge in [-0.15, -0.1) is 22.7 Å². The topological polar surface area (TPSA) is 183 Å². The van der Waals surface area contributed by atoms with Crippen LogP contribution in [0.3, 0.4) is 0 Å². The molecule has 0 unspecified atom stereocenters. The van der Waals surface area contributed by atoms with E-state index in [2.05, 4.69) is 50.1 Å². The molecule has 17 heteroatoms. The minimum atomic E-state index is -0.618. The van der Waals surface area contributed by atoms with Gasteiger partial charge in [0.25, 0.3) is 47.3 Å². The Kier molecular flexibility index (Phi) is 17.1. The van der Waals surface area contributed by atoms with Crippen LogP contribution in [0.5, 0.6) is 0 Å². The lowest BCUT2D eigenvalue weighted by molar-refractivity contribution is 0.0586. The lowest BCUT2D eigenvalue weighted by Gasteiger charge is -2.34. The van der Waals surface area contributed by atoms with Crippen molar-refractivity contribution >= 4 is 118 Å². The molecule has 85 heavy (non-hydrogen) atoms. The molecular formula is C68H71N7O8S2. The summed E-state index contributed by atoms with van der Waals surface area (Å²) < 4.78 is 3.99. The highest BCUT2D eigenvalue weighted by Gasteiger charge is 2.45. The van der Waals surface area contributed by atoms with Gasteiger partial charge in [-0.25, -0.2) is 4.85 Å². The number of amides is 8. The number of nitriles is 1. The Morgan fingerprint density at radius 1 is 0.388 bits per heavy atom. The summed E-state index contributed by atoms with van der Waals surface area (Å²) in [5.74, 6) is -4.51. The summed E-state index contributed by atoms with van der Waals surface area (Å²) in [4.78, 5) is 129. The van der Waals surface area contributed by atoms with E-state index in [1.165, 1.54) is 54.4 Å². The Morgan fingerprint density at radius 3 is 1.09 bits per heavy atom. The fraction of sp³-hybridized carbons (Fsp3) is 0.441. The molecule has 7 aromatic rings. The molecule has 7 heterocycles. The van der Waals surface area contributed by atoms with E-state index in [-0.39, 0.29) is 103 Å². The van der Waals surface area contributed by atoms with Crippen LogP contribution in [0.4, 0.5) is 5.69 Å². The number of hydrogen-bond acceptors (Lipinski definition) is 11. The molecule has 0 spiro atoms. The Labute approximate surface area is 503 Å². The first-order valence-electron chi connectivity index (χ1n) is 30.9. The molecule has 0 radical (unpaired) electrons. The summed E-state index contributed by atoms with van der Waals surface area (Å²) in [7, 11) is 0. The first-order valence-corrected chi connectivity index (χ1v) is 32.6. The maximum atomic E-state index is 15.3. The molecule has 8 amide bonds. The number of hydrogen-bond donors (Lipinski definition) is 0. The van der Waals surface area contributed by atoms with Gasteiger partial charge in [-0.2, -0.15) is 5.26 Å². The Balaban J connectivity index is 1.14. The van der Waals surface area contributed by atoms with Crippen LogP contribution in [0, 0.1) is 17.9 Å². The minimum Gasteiger partial charge on any atom is -0.339 e. The van der Waals surface area contributed by atoms with Crippen LogP contribution >= 0.6 is 22.7 Å². The smallest absolute Gasteiger partial charge is 0.262 e. The predicted octanol–water partition coefficient (Wildman–Crippen LogP) is 16.3. The molecule has 0 fully saturated rings. The van der Waals surface area contributed by atoms with Crippen LogP contribution in [0.25, 0.3) is 67.7 Å². The molecule has 0 aliphatic carbocycles. The second kappa shape index (κ2) is 24.6. The molecule has 4 aromatic carbocycles. The average molecular weight is 1180 g/mol. The average Bonchev–Trinajstić information content (AvgIpc) is 1.15. The maximum Gasteiger partial charge on any atom is 0.262 e. The van der Waals surface area contributed by atoms with Gasteiger partial charge in [0.15, 0.2) is 0 Å². The third kappa shape index (κ3) is 9.85. The van der Waals surface area contributed by atoms with Crippen LogP contribution in [-0.4, -0.2) is 97.6 Å². The number of carbonyl (C=O) groups excluding carboxylic acids is 8. The maximum absolute atomic E-state index is 15.3. The van der Waals surface area contributed by atoms with Crippen LogP contribution in [-0.2, 0) is 6.54 Å². The standard InChI is InChI=1S/C68H71N7O8S2/c1-7-12-17-22-27-71-47-36-49(40-33-43-52-51(65(80)72(62(43)77)28-23-18-13-8-2)39(38-69)32-42-53(52)56(40)66(81)73(61(42)76)29-24-19-14-9-3)84-59(47)60-48(71)37-50(85-60)41-34-44-55-54-45(64(79)74(67(82)57(41)54)30-25-20-15-10-4)35-46(70-6)58(55)68(83)75(63(44)78)31-26-21-16-11-5/h32-37H,7-31H2,1-5H3. The zero-order valence-electron chi connectivity index (χ0n) is 49.4. The lowest BCUT2D eigenvalue weighted by Crippen LogP contribution is -2.44. The third-order valence-corrected chi connectivity index (χ3v) is 20.2. The summed E-state index contributed by atoms with van der Waals surface area (Å²) in [5, 5.41) is 11.4. The number of thiophene rings is 2. The van der Waals surface area contributed by atoms with Gasteiger partial charge >= 0.3 is 0 Å². The van der Waals surface area contributed by atoms with Crippen molar-refractivity contribution in [2.24, 2.45) is 0 Å². The third-order valence-electron chi connectivity index (χ3n) is 17.7.